The summed E-state index contributed by atoms with van der Waals surface area (Å²) in [5, 5.41) is 8.79. The van der Waals surface area contributed by atoms with Gasteiger partial charge in [0, 0.05) is 23.9 Å². The van der Waals surface area contributed by atoms with E-state index in [4.69, 9.17) is 9.97 Å². The summed E-state index contributed by atoms with van der Waals surface area (Å²) in [5.41, 5.74) is 7.28. The minimum absolute atomic E-state index is 0.813. The van der Waals surface area contributed by atoms with Crippen molar-refractivity contribution in [2.75, 3.05) is 0 Å². The van der Waals surface area contributed by atoms with E-state index >= 15 is 0 Å². The second kappa shape index (κ2) is 6.42. The van der Waals surface area contributed by atoms with Gasteiger partial charge in [0.25, 0.3) is 0 Å². The number of nitrogens with one attached hydrogen (secondary N) is 1. The summed E-state index contributed by atoms with van der Waals surface area (Å²) in [6.07, 6.45) is 0. The lowest BCUT2D eigenvalue weighted by Gasteiger charge is -2.03. The maximum atomic E-state index is 4.92. The van der Waals surface area contributed by atoms with Crippen LogP contribution in [0.2, 0.25) is 0 Å². The number of hydrogen-bond donors (Lipinski definition) is 1. The van der Waals surface area contributed by atoms with Crippen molar-refractivity contribution in [2.45, 2.75) is 6.92 Å². The molecule has 6 nitrogen and oxygen atoms in total. The average molecular weight is 366 g/mol. The molecule has 0 unspecified atom stereocenters. The molecule has 28 heavy (non-hydrogen) atoms. The molecule has 0 saturated heterocycles. The van der Waals surface area contributed by atoms with Crippen LogP contribution < -0.4 is 0 Å². The number of benzene rings is 2. The van der Waals surface area contributed by atoms with Crippen LogP contribution in [0, 0.1) is 6.92 Å². The van der Waals surface area contributed by atoms with Crippen LogP contribution in [0.1, 0.15) is 5.69 Å². The van der Waals surface area contributed by atoms with E-state index in [0.29, 0.717) is 0 Å². The predicted octanol–water partition coefficient (Wildman–Crippen LogP) is 4.40. The first-order valence-electron chi connectivity index (χ1n) is 9.08. The van der Waals surface area contributed by atoms with Gasteiger partial charge in [-0.25, -0.2) is 4.98 Å². The summed E-state index contributed by atoms with van der Waals surface area (Å²) in [6, 6.07) is 22.1. The largest absolute Gasteiger partial charge is 0.336 e. The first-order valence-corrected chi connectivity index (χ1v) is 9.08. The van der Waals surface area contributed by atoms with Gasteiger partial charge in [-0.15, -0.1) is 0 Å². The van der Waals surface area contributed by atoms with Crippen molar-refractivity contribution >= 4 is 11.0 Å². The molecular weight excluding hydrogens is 348 g/mol. The van der Waals surface area contributed by atoms with Crippen LogP contribution in [-0.2, 0) is 7.05 Å². The second-order valence-corrected chi connectivity index (χ2v) is 6.73. The highest BCUT2D eigenvalue weighted by atomic mass is 15.4. The molecule has 0 radical (unpaired) electrons. The van der Waals surface area contributed by atoms with Gasteiger partial charge in [-0.1, -0.05) is 42.5 Å². The van der Waals surface area contributed by atoms with E-state index in [1.807, 2.05) is 80.7 Å². The van der Waals surface area contributed by atoms with E-state index < -0.39 is 0 Å². The molecule has 0 aliphatic carbocycles. The lowest BCUT2D eigenvalue weighted by molar-refractivity contribution is 0.665. The maximum absolute atomic E-state index is 4.92. The van der Waals surface area contributed by atoms with E-state index in [1.54, 1.807) is 4.80 Å². The van der Waals surface area contributed by atoms with Crippen LogP contribution in [0.25, 0.3) is 45.1 Å². The molecule has 5 rings (SSSR count). The highest BCUT2D eigenvalue weighted by Gasteiger charge is 2.17. The number of imidazole rings is 1. The Hall–Kier alpha value is -3.80. The molecule has 0 aliphatic rings. The minimum atomic E-state index is 0.813. The molecule has 0 atom stereocenters. The molecule has 5 aromatic rings. The lowest BCUT2D eigenvalue weighted by Crippen LogP contribution is -1.90. The van der Waals surface area contributed by atoms with Gasteiger partial charge in [0.15, 0.2) is 0 Å². The van der Waals surface area contributed by atoms with E-state index in [2.05, 4.69) is 15.2 Å². The summed E-state index contributed by atoms with van der Waals surface area (Å²) >= 11 is 0. The smallest absolute Gasteiger partial charge is 0.138 e. The van der Waals surface area contributed by atoms with Crippen molar-refractivity contribution in [2.24, 2.45) is 7.05 Å². The maximum Gasteiger partial charge on any atom is 0.138 e. The zero-order valence-corrected chi connectivity index (χ0v) is 15.6. The van der Waals surface area contributed by atoms with Crippen molar-refractivity contribution in [1.29, 1.82) is 0 Å². The third-order valence-electron chi connectivity index (χ3n) is 4.65. The summed E-state index contributed by atoms with van der Waals surface area (Å²) < 4.78 is 0. The normalized spacial score (nSPS) is 11.2. The van der Waals surface area contributed by atoms with Gasteiger partial charge in [-0.3, -0.25) is 4.98 Å². The number of pyridine rings is 1. The zero-order valence-electron chi connectivity index (χ0n) is 15.6. The molecule has 0 fully saturated rings. The first-order chi connectivity index (χ1) is 13.7. The van der Waals surface area contributed by atoms with E-state index in [9.17, 15) is 0 Å². The molecule has 0 saturated carbocycles. The summed E-state index contributed by atoms with van der Waals surface area (Å²) in [5.74, 6) is 0.813. The molecule has 0 spiro atoms. The van der Waals surface area contributed by atoms with Gasteiger partial charge in [0.05, 0.1) is 17.1 Å². The van der Waals surface area contributed by atoms with Gasteiger partial charge < -0.3 is 4.98 Å². The van der Waals surface area contributed by atoms with Crippen LogP contribution in [0.5, 0.6) is 0 Å². The number of aromatic nitrogens is 6. The van der Waals surface area contributed by atoms with Gasteiger partial charge in [-0.05, 0) is 31.2 Å². The first kappa shape index (κ1) is 16.4. The van der Waals surface area contributed by atoms with Gasteiger partial charge in [-0.2, -0.15) is 15.0 Å². The molecule has 0 amide bonds. The van der Waals surface area contributed by atoms with Crippen molar-refractivity contribution in [1.82, 2.24) is 29.9 Å². The fraction of sp³-hybridized carbons (Fsp3) is 0.0909. The van der Waals surface area contributed by atoms with E-state index in [-0.39, 0.29) is 0 Å². The fourth-order valence-corrected chi connectivity index (χ4v) is 3.35. The molecule has 136 valence electrons. The Morgan fingerprint density at radius 1 is 0.786 bits per heavy atom. The van der Waals surface area contributed by atoms with Crippen LogP contribution in [0.3, 0.4) is 0 Å². The molecule has 6 heteroatoms. The van der Waals surface area contributed by atoms with Crippen molar-refractivity contribution in [3.05, 3.63) is 72.4 Å². The Balaban J connectivity index is 1.73. The Morgan fingerprint density at radius 3 is 2.43 bits per heavy atom. The number of nitrogens with zero attached hydrogens (tertiary/aromatic N) is 5. The average Bonchev–Trinajstić information content (AvgIpc) is 3.31. The molecular formula is C22H18N6. The van der Waals surface area contributed by atoms with Gasteiger partial charge in [0.1, 0.15) is 16.9 Å². The van der Waals surface area contributed by atoms with Crippen molar-refractivity contribution < 1.29 is 0 Å². The highest BCUT2D eigenvalue weighted by molar-refractivity contribution is 5.85. The van der Waals surface area contributed by atoms with Gasteiger partial charge in [0.2, 0.25) is 0 Å². The summed E-state index contributed by atoms with van der Waals surface area (Å²) in [7, 11) is 1.82. The van der Waals surface area contributed by atoms with Crippen LogP contribution in [0.4, 0.5) is 0 Å². The lowest BCUT2D eigenvalue weighted by atomic mass is 10.1. The standard InChI is InChI=1S/C22H18N6/c1-14-7-6-10-18(23-14)21-20(24-22(25-21)15-8-4-3-5-9-15)16-11-12-17-19(13-16)27-28(2)26-17/h3-13H,1-2H3,(H,24,25). The Kier molecular flexibility index (Phi) is 3.76. The van der Waals surface area contributed by atoms with Gasteiger partial charge >= 0.3 is 0 Å². The third kappa shape index (κ3) is 2.85. The van der Waals surface area contributed by atoms with Crippen molar-refractivity contribution in [3.8, 4) is 34.0 Å². The third-order valence-corrected chi connectivity index (χ3v) is 4.65. The highest BCUT2D eigenvalue weighted by Crippen LogP contribution is 2.33. The Labute approximate surface area is 161 Å². The predicted molar refractivity (Wildman–Crippen MR) is 109 cm³/mol. The number of aryl methyl sites for hydroxylation is 2. The fourth-order valence-electron chi connectivity index (χ4n) is 3.35. The molecule has 0 bridgehead atoms. The van der Waals surface area contributed by atoms with Crippen molar-refractivity contribution in [3.63, 3.8) is 0 Å². The molecule has 1 N–H and O–H groups in total. The Bertz CT molecular complexity index is 1280. The van der Waals surface area contributed by atoms with Crippen LogP contribution in [-0.4, -0.2) is 29.9 Å². The van der Waals surface area contributed by atoms with Crippen LogP contribution in [0.15, 0.2) is 66.7 Å². The molecule has 3 heterocycles. The van der Waals surface area contributed by atoms with E-state index in [0.717, 1.165) is 50.8 Å². The summed E-state index contributed by atoms with van der Waals surface area (Å²) in [4.78, 5) is 14.7. The number of aromatic amines is 1. The monoisotopic (exact) mass is 366 g/mol. The molecule has 0 aliphatic heterocycles. The number of fused-ring (bicyclic) bond motifs is 1. The molecule has 3 aromatic heterocycles. The second-order valence-electron chi connectivity index (χ2n) is 6.73. The van der Waals surface area contributed by atoms with E-state index in [1.165, 1.54) is 0 Å². The van der Waals surface area contributed by atoms with Crippen LogP contribution >= 0.6 is 0 Å². The SMILES string of the molecule is Cc1cccc(-c2[nH]c(-c3ccccc3)nc2-c2ccc3nn(C)nc3c2)n1. The number of H-pyrrole nitrogens is 1. The topological polar surface area (TPSA) is 72.3 Å². The minimum Gasteiger partial charge on any atom is -0.336 e. The number of hydrogen-bond acceptors (Lipinski definition) is 4. The summed E-state index contributed by atoms with van der Waals surface area (Å²) in [6.45, 7) is 1.99. The molecule has 2 aromatic carbocycles. The Morgan fingerprint density at radius 2 is 1.61 bits per heavy atom. The quantitative estimate of drug-likeness (QED) is 0.514. The zero-order chi connectivity index (χ0) is 19.1. The number of rotatable bonds is 3.